The van der Waals surface area contributed by atoms with Crippen LogP contribution in [0.1, 0.15) is 22.1 Å². The third-order valence-electron chi connectivity index (χ3n) is 3.47. The third-order valence-corrected chi connectivity index (χ3v) is 5.61. The van der Waals surface area contributed by atoms with E-state index in [2.05, 4.69) is 23.6 Å². The minimum atomic E-state index is -0.586. The Morgan fingerprint density at radius 2 is 2.16 bits per heavy atom. The van der Waals surface area contributed by atoms with Crippen molar-refractivity contribution < 1.29 is 9.84 Å². The Kier molecular flexibility index (Phi) is 2.62. The van der Waals surface area contributed by atoms with Gasteiger partial charge in [0.2, 0.25) is 0 Å². The van der Waals surface area contributed by atoms with Gasteiger partial charge in [0.1, 0.15) is 11.9 Å². The number of para-hydroxylation sites is 1. The Morgan fingerprint density at radius 3 is 3.05 bits per heavy atom. The lowest BCUT2D eigenvalue weighted by molar-refractivity contribution is 0.217. The van der Waals surface area contributed by atoms with E-state index < -0.39 is 6.10 Å². The molecule has 96 valence electrons. The van der Waals surface area contributed by atoms with Crippen molar-refractivity contribution in [2.45, 2.75) is 12.5 Å². The number of aliphatic hydroxyl groups is 1. The van der Waals surface area contributed by atoms with E-state index in [1.54, 1.807) is 22.7 Å². The molecule has 1 aromatic carbocycles. The molecule has 0 saturated heterocycles. The average molecular weight is 288 g/mol. The van der Waals surface area contributed by atoms with Crippen LogP contribution in [-0.2, 0) is 6.42 Å². The Bertz CT molecular complexity index is 713. The number of ether oxygens (including phenoxy) is 1. The predicted molar refractivity (Wildman–Crippen MR) is 79.4 cm³/mol. The van der Waals surface area contributed by atoms with Crippen molar-refractivity contribution in [2.24, 2.45) is 0 Å². The molecule has 1 atom stereocenters. The topological polar surface area (TPSA) is 29.5 Å². The van der Waals surface area contributed by atoms with E-state index >= 15 is 0 Å². The summed E-state index contributed by atoms with van der Waals surface area (Å²) in [5, 5.41) is 12.7. The first kappa shape index (κ1) is 11.5. The molecule has 2 nitrogen and oxygen atoms in total. The van der Waals surface area contributed by atoms with Gasteiger partial charge in [-0.2, -0.15) is 0 Å². The molecule has 2 aromatic heterocycles. The molecule has 0 aliphatic carbocycles. The Balaban J connectivity index is 1.80. The number of benzene rings is 1. The van der Waals surface area contributed by atoms with Crippen molar-refractivity contribution in [3.63, 3.8) is 0 Å². The fraction of sp³-hybridized carbons (Fsp3) is 0.200. The molecule has 0 bridgehead atoms. The molecule has 1 N–H and O–H groups in total. The molecule has 0 radical (unpaired) electrons. The van der Waals surface area contributed by atoms with E-state index in [0.717, 1.165) is 29.2 Å². The molecule has 19 heavy (non-hydrogen) atoms. The Labute approximate surface area is 118 Å². The minimum Gasteiger partial charge on any atom is -0.493 e. The van der Waals surface area contributed by atoms with Crippen molar-refractivity contribution in [1.82, 2.24) is 0 Å². The number of thiophene rings is 2. The zero-order chi connectivity index (χ0) is 12.8. The first-order chi connectivity index (χ1) is 9.33. The molecule has 1 aliphatic rings. The molecule has 3 heterocycles. The summed E-state index contributed by atoms with van der Waals surface area (Å²) in [5.74, 6) is 0.881. The zero-order valence-corrected chi connectivity index (χ0v) is 11.8. The highest BCUT2D eigenvalue weighted by Gasteiger charge is 2.23. The number of aliphatic hydroxyl groups excluding tert-OH is 1. The van der Waals surface area contributed by atoms with Crippen LogP contribution in [0.2, 0.25) is 0 Å². The summed E-state index contributed by atoms with van der Waals surface area (Å²) in [7, 11) is 0. The summed E-state index contributed by atoms with van der Waals surface area (Å²) in [6, 6.07) is 10.2. The lowest BCUT2D eigenvalue weighted by Crippen LogP contribution is -2.00. The minimum absolute atomic E-state index is 0.586. The number of rotatable bonds is 2. The fourth-order valence-corrected chi connectivity index (χ4v) is 4.65. The van der Waals surface area contributed by atoms with Crippen LogP contribution in [0.5, 0.6) is 5.75 Å². The van der Waals surface area contributed by atoms with E-state index in [1.807, 2.05) is 12.1 Å². The van der Waals surface area contributed by atoms with Crippen LogP contribution in [-0.4, -0.2) is 11.7 Å². The summed E-state index contributed by atoms with van der Waals surface area (Å²) in [6.45, 7) is 0.721. The van der Waals surface area contributed by atoms with Gasteiger partial charge in [-0.25, -0.2) is 0 Å². The largest absolute Gasteiger partial charge is 0.493 e. The van der Waals surface area contributed by atoms with Crippen LogP contribution >= 0.6 is 22.7 Å². The van der Waals surface area contributed by atoms with Crippen LogP contribution in [0, 0.1) is 0 Å². The standard InChI is InChI=1S/C15H12O2S2/c16-14(13-8-12-11(19-13)5-7-18-12)10-3-1-2-9-4-6-17-15(9)10/h1-3,5,7-8,14,16H,4,6H2. The first-order valence-electron chi connectivity index (χ1n) is 6.22. The van der Waals surface area contributed by atoms with Gasteiger partial charge in [-0.05, 0) is 23.1 Å². The van der Waals surface area contributed by atoms with Crippen LogP contribution < -0.4 is 4.74 Å². The highest BCUT2D eigenvalue weighted by Crippen LogP contribution is 2.40. The number of fused-ring (bicyclic) bond motifs is 2. The summed E-state index contributed by atoms with van der Waals surface area (Å²) in [4.78, 5) is 0.991. The van der Waals surface area contributed by atoms with Gasteiger partial charge in [0.15, 0.2) is 0 Å². The van der Waals surface area contributed by atoms with Crippen molar-refractivity contribution in [3.05, 3.63) is 51.7 Å². The lowest BCUT2D eigenvalue weighted by atomic mass is 10.0. The van der Waals surface area contributed by atoms with Gasteiger partial charge in [0.05, 0.1) is 6.61 Å². The number of hydrogen-bond acceptors (Lipinski definition) is 4. The van der Waals surface area contributed by atoms with Crippen LogP contribution in [0.25, 0.3) is 9.40 Å². The lowest BCUT2D eigenvalue weighted by Gasteiger charge is -2.13. The third kappa shape index (κ3) is 1.79. The average Bonchev–Trinajstić information content (AvgIpc) is 3.11. The molecule has 3 aromatic rings. The molecule has 1 aliphatic heterocycles. The van der Waals surface area contributed by atoms with Gasteiger partial charge in [0.25, 0.3) is 0 Å². The normalized spacial score (nSPS) is 15.4. The van der Waals surface area contributed by atoms with Crippen LogP contribution in [0.15, 0.2) is 35.7 Å². The highest BCUT2D eigenvalue weighted by molar-refractivity contribution is 7.26. The Hall–Kier alpha value is -1.36. The monoisotopic (exact) mass is 288 g/mol. The smallest absolute Gasteiger partial charge is 0.128 e. The van der Waals surface area contributed by atoms with Crippen LogP contribution in [0.4, 0.5) is 0 Å². The predicted octanol–water partition coefficient (Wildman–Crippen LogP) is 3.98. The molecular formula is C15H12O2S2. The van der Waals surface area contributed by atoms with E-state index in [4.69, 9.17) is 4.74 Å². The maximum atomic E-state index is 10.6. The summed E-state index contributed by atoms with van der Waals surface area (Å²) < 4.78 is 8.16. The molecule has 0 fully saturated rings. The SMILES string of the molecule is OC(c1cc2sccc2s1)c1cccc2c1OCC2. The maximum absolute atomic E-state index is 10.6. The van der Waals surface area contributed by atoms with Gasteiger partial charge in [-0.3, -0.25) is 0 Å². The van der Waals surface area contributed by atoms with Crippen LogP contribution in [0.3, 0.4) is 0 Å². The molecule has 0 spiro atoms. The van der Waals surface area contributed by atoms with Gasteiger partial charge in [-0.15, -0.1) is 22.7 Å². The van der Waals surface area contributed by atoms with Crippen molar-refractivity contribution in [1.29, 1.82) is 0 Å². The van der Waals surface area contributed by atoms with Gasteiger partial charge < -0.3 is 9.84 Å². The zero-order valence-electron chi connectivity index (χ0n) is 10.1. The van der Waals surface area contributed by atoms with Gasteiger partial charge in [0, 0.05) is 26.3 Å². The molecule has 4 heteroatoms. The second-order valence-electron chi connectivity index (χ2n) is 4.63. The second-order valence-corrected chi connectivity index (χ2v) is 6.70. The van der Waals surface area contributed by atoms with E-state index in [0.29, 0.717) is 0 Å². The quantitative estimate of drug-likeness (QED) is 0.773. The van der Waals surface area contributed by atoms with E-state index in [-0.39, 0.29) is 0 Å². The van der Waals surface area contributed by atoms with E-state index in [1.165, 1.54) is 15.0 Å². The Morgan fingerprint density at radius 1 is 1.21 bits per heavy atom. The van der Waals surface area contributed by atoms with E-state index in [9.17, 15) is 5.11 Å². The van der Waals surface area contributed by atoms with Crippen molar-refractivity contribution in [2.75, 3.05) is 6.61 Å². The molecule has 0 amide bonds. The molecule has 0 saturated carbocycles. The summed E-state index contributed by atoms with van der Waals surface area (Å²) in [6.07, 6.45) is 0.354. The molecular weight excluding hydrogens is 276 g/mol. The fourth-order valence-electron chi connectivity index (χ4n) is 2.53. The molecule has 4 rings (SSSR count). The second kappa shape index (κ2) is 4.34. The summed E-state index contributed by atoms with van der Waals surface area (Å²) in [5.41, 5.74) is 2.10. The van der Waals surface area contributed by atoms with Crippen molar-refractivity contribution >= 4 is 32.1 Å². The number of hydrogen-bond donors (Lipinski definition) is 1. The van der Waals surface area contributed by atoms with Gasteiger partial charge in [-0.1, -0.05) is 18.2 Å². The van der Waals surface area contributed by atoms with Gasteiger partial charge >= 0.3 is 0 Å². The highest BCUT2D eigenvalue weighted by atomic mass is 32.1. The first-order valence-corrected chi connectivity index (χ1v) is 7.92. The molecule has 1 unspecified atom stereocenters. The van der Waals surface area contributed by atoms with Crippen molar-refractivity contribution in [3.8, 4) is 5.75 Å². The summed E-state index contributed by atoms with van der Waals surface area (Å²) >= 11 is 3.37. The maximum Gasteiger partial charge on any atom is 0.128 e.